The normalized spacial score (nSPS) is 20.2. The molecule has 1 aromatic rings. The SMILES string of the molecule is CC1CN(CC(C)(C)O)CCN1c1ccc(Br)cc1[N+](=O)[O-]. The van der Waals surface area contributed by atoms with Gasteiger partial charge in [-0.3, -0.25) is 15.0 Å². The zero-order valence-electron chi connectivity index (χ0n) is 13.1. The van der Waals surface area contributed by atoms with E-state index >= 15 is 0 Å². The first-order valence-electron chi connectivity index (χ1n) is 7.33. The van der Waals surface area contributed by atoms with Crippen LogP contribution in [0.15, 0.2) is 22.7 Å². The maximum absolute atomic E-state index is 11.3. The molecule has 1 aliphatic rings. The van der Waals surface area contributed by atoms with Gasteiger partial charge in [0, 0.05) is 42.8 Å². The van der Waals surface area contributed by atoms with Crippen molar-refractivity contribution in [3.8, 4) is 0 Å². The van der Waals surface area contributed by atoms with Crippen LogP contribution in [0, 0.1) is 10.1 Å². The summed E-state index contributed by atoms with van der Waals surface area (Å²) in [6.07, 6.45) is 0. The standard InChI is InChI=1S/C15H22BrN3O3/c1-11-9-17(10-15(2,3)20)6-7-18(11)13-5-4-12(16)8-14(13)19(21)22/h4-5,8,11,20H,6-7,9-10H2,1-3H3. The van der Waals surface area contributed by atoms with Crippen LogP contribution < -0.4 is 4.90 Å². The van der Waals surface area contributed by atoms with Gasteiger partial charge in [-0.15, -0.1) is 0 Å². The van der Waals surface area contributed by atoms with Crippen molar-refractivity contribution in [2.75, 3.05) is 31.1 Å². The molecule has 1 heterocycles. The van der Waals surface area contributed by atoms with E-state index in [4.69, 9.17) is 0 Å². The lowest BCUT2D eigenvalue weighted by Gasteiger charge is -2.42. The largest absolute Gasteiger partial charge is 0.389 e. The molecule has 1 N–H and O–H groups in total. The molecule has 1 atom stereocenters. The number of piperazine rings is 1. The fourth-order valence-corrected chi connectivity index (χ4v) is 3.32. The molecule has 7 heteroatoms. The highest BCUT2D eigenvalue weighted by atomic mass is 79.9. The first kappa shape index (κ1) is 17.2. The Balaban J connectivity index is 2.17. The molecule has 0 amide bonds. The van der Waals surface area contributed by atoms with Crippen molar-refractivity contribution in [1.29, 1.82) is 0 Å². The van der Waals surface area contributed by atoms with Crippen LogP contribution in [0.2, 0.25) is 0 Å². The highest BCUT2D eigenvalue weighted by molar-refractivity contribution is 9.10. The average molecular weight is 372 g/mol. The van der Waals surface area contributed by atoms with E-state index in [-0.39, 0.29) is 16.7 Å². The topological polar surface area (TPSA) is 69.8 Å². The van der Waals surface area contributed by atoms with Gasteiger partial charge in [0.05, 0.1) is 10.5 Å². The third-order valence-electron chi connectivity index (χ3n) is 3.77. The average Bonchev–Trinajstić information content (AvgIpc) is 2.37. The summed E-state index contributed by atoms with van der Waals surface area (Å²) in [7, 11) is 0. The van der Waals surface area contributed by atoms with Gasteiger partial charge in [0.2, 0.25) is 0 Å². The quantitative estimate of drug-likeness (QED) is 0.650. The molecule has 1 saturated heterocycles. The lowest BCUT2D eigenvalue weighted by atomic mass is 10.1. The molecule has 0 bridgehead atoms. The molecule has 1 unspecified atom stereocenters. The zero-order valence-corrected chi connectivity index (χ0v) is 14.7. The van der Waals surface area contributed by atoms with Crippen molar-refractivity contribution in [2.45, 2.75) is 32.4 Å². The molecule has 1 aromatic carbocycles. The number of β-amino-alcohol motifs (C(OH)–C–C–N with tert-alkyl or cyclic N) is 1. The molecule has 0 aliphatic carbocycles. The van der Waals surface area contributed by atoms with Crippen LogP contribution in [0.3, 0.4) is 0 Å². The number of benzene rings is 1. The number of hydrogen-bond donors (Lipinski definition) is 1. The van der Waals surface area contributed by atoms with Gasteiger partial charge in [-0.2, -0.15) is 0 Å². The molecule has 2 rings (SSSR count). The van der Waals surface area contributed by atoms with Crippen LogP contribution in [0.4, 0.5) is 11.4 Å². The molecule has 0 saturated carbocycles. The number of rotatable bonds is 4. The molecule has 0 radical (unpaired) electrons. The Labute approximate surface area is 139 Å². The van der Waals surface area contributed by atoms with Crippen molar-refractivity contribution in [1.82, 2.24) is 4.90 Å². The summed E-state index contributed by atoms with van der Waals surface area (Å²) in [4.78, 5) is 15.2. The van der Waals surface area contributed by atoms with E-state index in [1.807, 2.05) is 6.07 Å². The van der Waals surface area contributed by atoms with Gasteiger partial charge in [-0.1, -0.05) is 15.9 Å². The van der Waals surface area contributed by atoms with Crippen molar-refractivity contribution in [3.63, 3.8) is 0 Å². The Kier molecular flexibility index (Phi) is 5.09. The van der Waals surface area contributed by atoms with Gasteiger partial charge in [0.1, 0.15) is 5.69 Å². The summed E-state index contributed by atoms with van der Waals surface area (Å²) in [6, 6.07) is 5.32. The molecular formula is C15H22BrN3O3. The molecule has 0 spiro atoms. The van der Waals surface area contributed by atoms with E-state index in [2.05, 4.69) is 32.7 Å². The van der Waals surface area contributed by atoms with Gasteiger partial charge < -0.3 is 10.0 Å². The molecular weight excluding hydrogens is 350 g/mol. The van der Waals surface area contributed by atoms with Gasteiger partial charge in [-0.05, 0) is 32.9 Å². The van der Waals surface area contributed by atoms with E-state index in [1.165, 1.54) is 0 Å². The zero-order chi connectivity index (χ0) is 16.5. The van der Waals surface area contributed by atoms with Gasteiger partial charge in [0.25, 0.3) is 5.69 Å². The Morgan fingerprint density at radius 1 is 1.45 bits per heavy atom. The van der Waals surface area contributed by atoms with E-state index in [1.54, 1.807) is 26.0 Å². The molecule has 122 valence electrons. The van der Waals surface area contributed by atoms with Crippen LogP contribution >= 0.6 is 15.9 Å². The number of nitrogens with zero attached hydrogens (tertiary/aromatic N) is 3. The summed E-state index contributed by atoms with van der Waals surface area (Å²) in [5, 5.41) is 21.2. The van der Waals surface area contributed by atoms with Gasteiger partial charge in [-0.25, -0.2) is 0 Å². The Morgan fingerprint density at radius 2 is 2.14 bits per heavy atom. The maximum Gasteiger partial charge on any atom is 0.293 e. The summed E-state index contributed by atoms with van der Waals surface area (Å²) < 4.78 is 0.705. The van der Waals surface area contributed by atoms with Gasteiger partial charge in [0.15, 0.2) is 0 Å². The molecule has 1 fully saturated rings. The Morgan fingerprint density at radius 3 is 2.68 bits per heavy atom. The first-order valence-corrected chi connectivity index (χ1v) is 8.12. The van der Waals surface area contributed by atoms with Crippen molar-refractivity contribution in [3.05, 3.63) is 32.8 Å². The Bertz CT molecular complexity index is 559. The number of nitro benzene ring substituents is 1. The molecule has 6 nitrogen and oxygen atoms in total. The van der Waals surface area contributed by atoms with Crippen LogP contribution in [-0.4, -0.2) is 52.8 Å². The number of hydrogen-bond acceptors (Lipinski definition) is 5. The van der Waals surface area contributed by atoms with E-state index < -0.39 is 5.60 Å². The Hall–Kier alpha value is -1.18. The number of halogens is 1. The predicted octanol–water partition coefficient (Wildman–Crippen LogP) is 2.64. The molecule has 0 aromatic heterocycles. The summed E-state index contributed by atoms with van der Waals surface area (Å²) in [6.45, 7) is 8.52. The summed E-state index contributed by atoms with van der Waals surface area (Å²) >= 11 is 3.29. The highest BCUT2D eigenvalue weighted by Crippen LogP contribution is 2.33. The maximum atomic E-state index is 11.3. The predicted molar refractivity (Wildman–Crippen MR) is 90.3 cm³/mol. The van der Waals surface area contributed by atoms with E-state index in [0.717, 1.165) is 13.1 Å². The van der Waals surface area contributed by atoms with E-state index in [9.17, 15) is 15.2 Å². The van der Waals surface area contributed by atoms with Crippen molar-refractivity contribution in [2.24, 2.45) is 0 Å². The first-order chi connectivity index (χ1) is 10.2. The number of aliphatic hydroxyl groups is 1. The lowest BCUT2D eigenvalue weighted by Crippen LogP contribution is -2.54. The number of nitro groups is 1. The van der Waals surface area contributed by atoms with Crippen molar-refractivity contribution < 1.29 is 10.0 Å². The third-order valence-corrected chi connectivity index (χ3v) is 4.26. The van der Waals surface area contributed by atoms with Crippen LogP contribution in [0.5, 0.6) is 0 Å². The molecule has 1 aliphatic heterocycles. The third kappa shape index (κ3) is 4.18. The minimum atomic E-state index is -0.731. The lowest BCUT2D eigenvalue weighted by molar-refractivity contribution is -0.384. The second kappa shape index (κ2) is 6.52. The van der Waals surface area contributed by atoms with E-state index in [0.29, 0.717) is 23.2 Å². The fraction of sp³-hybridized carbons (Fsp3) is 0.600. The minimum absolute atomic E-state index is 0.122. The van der Waals surface area contributed by atoms with Crippen LogP contribution in [0.25, 0.3) is 0 Å². The highest BCUT2D eigenvalue weighted by Gasteiger charge is 2.30. The summed E-state index contributed by atoms with van der Waals surface area (Å²) in [5.41, 5.74) is 0.0478. The minimum Gasteiger partial charge on any atom is -0.389 e. The van der Waals surface area contributed by atoms with Crippen LogP contribution in [-0.2, 0) is 0 Å². The van der Waals surface area contributed by atoms with Gasteiger partial charge >= 0.3 is 0 Å². The monoisotopic (exact) mass is 371 g/mol. The molecule has 22 heavy (non-hydrogen) atoms. The fourth-order valence-electron chi connectivity index (χ4n) is 2.97. The number of anilines is 1. The smallest absolute Gasteiger partial charge is 0.293 e. The van der Waals surface area contributed by atoms with Crippen LogP contribution in [0.1, 0.15) is 20.8 Å². The van der Waals surface area contributed by atoms with Crippen molar-refractivity contribution >= 4 is 27.3 Å². The second-order valence-electron chi connectivity index (χ2n) is 6.48. The second-order valence-corrected chi connectivity index (χ2v) is 7.40. The summed E-state index contributed by atoms with van der Waals surface area (Å²) in [5.74, 6) is 0.